The summed E-state index contributed by atoms with van der Waals surface area (Å²) >= 11 is 9.44. The van der Waals surface area contributed by atoms with Crippen LogP contribution < -0.4 is 5.73 Å². The third-order valence-electron chi connectivity index (χ3n) is 2.00. The molecule has 0 saturated heterocycles. The van der Waals surface area contributed by atoms with Crippen molar-refractivity contribution >= 4 is 27.5 Å². The van der Waals surface area contributed by atoms with E-state index >= 15 is 0 Å². The zero-order valence-corrected chi connectivity index (χ0v) is 10.3. The Morgan fingerprint density at radius 1 is 1.38 bits per heavy atom. The maximum atomic E-state index is 6.04. The first-order valence-corrected chi connectivity index (χ1v) is 5.24. The van der Waals surface area contributed by atoms with Crippen LogP contribution in [0.25, 0.3) is 0 Å². The van der Waals surface area contributed by atoms with Crippen LogP contribution in [-0.4, -0.2) is 0 Å². The summed E-state index contributed by atoms with van der Waals surface area (Å²) < 4.78 is 0.969. The van der Waals surface area contributed by atoms with E-state index in [1.165, 1.54) is 0 Å². The minimum Gasteiger partial charge on any atom is -0.322 e. The number of rotatable bonds is 1. The quantitative estimate of drug-likeness (QED) is 0.822. The molecule has 0 heterocycles. The molecule has 1 rings (SSSR count). The smallest absolute Gasteiger partial charge is 0.0449 e. The zero-order valence-electron chi connectivity index (χ0n) is 7.99. The maximum Gasteiger partial charge on any atom is 0.0449 e. The third kappa shape index (κ3) is 2.46. The van der Waals surface area contributed by atoms with Crippen molar-refractivity contribution in [1.82, 2.24) is 0 Å². The summed E-state index contributed by atoms with van der Waals surface area (Å²) in [5.74, 6) is 0. The van der Waals surface area contributed by atoms with Crippen molar-refractivity contribution in [3.05, 3.63) is 32.8 Å². The predicted molar refractivity (Wildman–Crippen MR) is 61.1 cm³/mol. The second-order valence-corrected chi connectivity index (χ2v) is 5.10. The van der Waals surface area contributed by atoms with Crippen LogP contribution in [0.15, 0.2) is 16.6 Å². The lowest BCUT2D eigenvalue weighted by atomic mass is 9.92. The number of benzene rings is 1. The van der Waals surface area contributed by atoms with Gasteiger partial charge in [0.15, 0.2) is 0 Å². The minimum absolute atomic E-state index is 0.350. The van der Waals surface area contributed by atoms with Crippen LogP contribution in [0, 0.1) is 6.92 Å². The SMILES string of the molecule is Cc1c(Cl)cc(Br)cc1C(C)(C)N. The van der Waals surface area contributed by atoms with E-state index in [1.54, 1.807) is 0 Å². The van der Waals surface area contributed by atoms with Gasteiger partial charge in [-0.15, -0.1) is 0 Å². The fourth-order valence-corrected chi connectivity index (χ4v) is 2.12. The van der Waals surface area contributed by atoms with E-state index in [4.69, 9.17) is 17.3 Å². The standard InChI is InChI=1S/C10H13BrClN/c1-6-8(10(2,3)13)4-7(11)5-9(6)12/h4-5H,13H2,1-3H3. The summed E-state index contributed by atoms with van der Waals surface area (Å²) in [6.45, 7) is 5.93. The summed E-state index contributed by atoms with van der Waals surface area (Å²) in [4.78, 5) is 0. The normalized spacial score (nSPS) is 11.8. The van der Waals surface area contributed by atoms with Crippen LogP contribution in [0.2, 0.25) is 5.02 Å². The van der Waals surface area contributed by atoms with Gasteiger partial charge in [0.2, 0.25) is 0 Å². The topological polar surface area (TPSA) is 26.0 Å². The van der Waals surface area contributed by atoms with Crippen molar-refractivity contribution in [2.24, 2.45) is 5.73 Å². The molecule has 0 amide bonds. The van der Waals surface area contributed by atoms with Crippen molar-refractivity contribution in [1.29, 1.82) is 0 Å². The van der Waals surface area contributed by atoms with E-state index in [0.29, 0.717) is 0 Å². The molecule has 1 nitrogen and oxygen atoms in total. The molecule has 0 bridgehead atoms. The molecule has 0 atom stereocenters. The van der Waals surface area contributed by atoms with Gasteiger partial charge < -0.3 is 5.73 Å². The average Bonchev–Trinajstić information content (AvgIpc) is 1.94. The molecular formula is C10H13BrClN. The molecule has 2 N–H and O–H groups in total. The molecule has 0 fully saturated rings. The molecule has 1 aromatic carbocycles. The van der Waals surface area contributed by atoms with Gasteiger partial charge in [0.1, 0.15) is 0 Å². The maximum absolute atomic E-state index is 6.04. The Morgan fingerprint density at radius 2 is 1.92 bits per heavy atom. The summed E-state index contributed by atoms with van der Waals surface area (Å²) in [6, 6.07) is 3.90. The second-order valence-electron chi connectivity index (χ2n) is 3.78. The molecule has 0 spiro atoms. The highest BCUT2D eigenvalue weighted by atomic mass is 79.9. The van der Waals surface area contributed by atoms with Gasteiger partial charge in [0.05, 0.1) is 0 Å². The van der Waals surface area contributed by atoms with Crippen LogP contribution in [-0.2, 0) is 5.54 Å². The summed E-state index contributed by atoms with van der Waals surface area (Å²) in [5.41, 5.74) is 7.80. The van der Waals surface area contributed by atoms with Gasteiger partial charge in [-0.05, 0) is 44.0 Å². The number of nitrogens with two attached hydrogens (primary N) is 1. The van der Waals surface area contributed by atoms with Crippen LogP contribution in [0.4, 0.5) is 0 Å². The first kappa shape index (κ1) is 11.0. The van der Waals surface area contributed by atoms with Gasteiger partial charge in [-0.3, -0.25) is 0 Å². The molecule has 1 aromatic rings. The Balaban J connectivity index is 3.37. The van der Waals surface area contributed by atoms with Crippen LogP contribution in [0.5, 0.6) is 0 Å². The molecule has 0 radical (unpaired) electrons. The minimum atomic E-state index is -0.350. The fraction of sp³-hybridized carbons (Fsp3) is 0.400. The van der Waals surface area contributed by atoms with Gasteiger partial charge in [-0.1, -0.05) is 27.5 Å². The molecule has 0 aromatic heterocycles. The van der Waals surface area contributed by atoms with Crippen LogP contribution in [0.3, 0.4) is 0 Å². The van der Waals surface area contributed by atoms with Crippen LogP contribution in [0.1, 0.15) is 25.0 Å². The van der Waals surface area contributed by atoms with Gasteiger partial charge in [-0.25, -0.2) is 0 Å². The van der Waals surface area contributed by atoms with Crippen LogP contribution >= 0.6 is 27.5 Å². The van der Waals surface area contributed by atoms with E-state index in [1.807, 2.05) is 32.9 Å². The number of halogens is 2. The average molecular weight is 263 g/mol. The Bertz CT molecular complexity index is 328. The summed E-state index contributed by atoms with van der Waals surface area (Å²) in [5, 5.41) is 0.753. The largest absolute Gasteiger partial charge is 0.322 e. The van der Waals surface area contributed by atoms with E-state index < -0.39 is 0 Å². The van der Waals surface area contributed by atoms with Gasteiger partial charge in [-0.2, -0.15) is 0 Å². The predicted octanol–water partition coefficient (Wildman–Crippen LogP) is 3.60. The van der Waals surface area contributed by atoms with Gasteiger partial charge in [0.25, 0.3) is 0 Å². The molecule has 0 unspecified atom stereocenters. The first-order chi connectivity index (χ1) is 5.82. The number of hydrogen-bond acceptors (Lipinski definition) is 1. The first-order valence-electron chi connectivity index (χ1n) is 4.07. The fourth-order valence-electron chi connectivity index (χ4n) is 1.32. The molecule has 0 aliphatic carbocycles. The van der Waals surface area contributed by atoms with E-state index in [2.05, 4.69) is 15.9 Å². The molecule has 0 saturated carbocycles. The van der Waals surface area contributed by atoms with Gasteiger partial charge >= 0.3 is 0 Å². The van der Waals surface area contributed by atoms with Crippen molar-refractivity contribution < 1.29 is 0 Å². The lowest BCUT2D eigenvalue weighted by Crippen LogP contribution is -2.29. The Labute approximate surface area is 92.4 Å². The third-order valence-corrected chi connectivity index (χ3v) is 2.85. The summed E-state index contributed by atoms with van der Waals surface area (Å²) in [6.07, 6.45) is 0. The Kier molecular flexibility index (Phi) is 3.05. The second kappa shape index (κ2) is 3.60. The number of hydrogen-bond donors (Lipinski definition) is 1. The highest BCUT2D eigenvalue weighted by Gasteiger charge is 2.18. The molecule has 72 valence electrons. The Morgan fingerprint density at radius 3 is 2.38 bits per heavy atom. The van der Waals surface area contributed by atoms with E-state index in [0.717, 1.165) is 20.6 Å². The lowest BCUT2D eigenvalue weighted by Gasteiger charge is -2.22. The molecular weight excluding hydrogens is 249 g/mol. The molecule has 3 heteroatoms. The molecule has 0 aliphatic rings. The molecule has 13 heavy (non-hydrogen) atoms. The highest BCUT2D eigenvalue weighted by Crippen LogP contribution is 2.30. The van der Waals surface area contributed by atoms with Gasteiger partial charge in [0, 0.05) is 15.0 Å². The summed E-state index contributed by atoms with van der Waals surface area (Å²) in [7, 11) is 0. The van der Waals surface area contributed by atoms with E-state index in [9.17, 15) is 0 Å². The zero-order chi connectivity index (χ0) is 10.2. The van der Waals surface area contributed by atoms with Crippen molar-refractivity contribution in [2.75, 3.05) is 0 Å². The van der Waals surface area contributed by atoms with E-state index in [-0.39, 0.29) is 5.54 Å². The lowest BCUT2D eigenvalue weighted by molar-refractivity contribution is 0.550. The van der Waals surface area contributed by atoms with Crippen molar-refractivity contribution in [2.45, 2.75) is 26.3 Å². The highest BCUT2D eigenvalue weighted by molar-refractivity contribution is 9.10. The Hall–Kier alpha value is -0.0500. The van der Waals surface area contributed by atoms with Crippen molar-refractivity contribution in [3.8, 4) is 0 Å². The monoisotopic (exact) mass is 261 g/mol. The molecule has 0 aliphatic heterocycles. The van der Waals surface area contributed by atoms with Crippen molar-refractivity contribution in [3.63, 3.8) is 0 Å².